The van der Waals surface area contributed by atoms with Gasteiger partial charge in [0.25, 0.3) is 0 Å². The molecule has 0 spiro atoms. The molecule has 1 N–H and O–H groups in total. The first kappa shape index (κ1) is 20.9. The van der Waals surface area contributed by atoms with Crippen molar-refractivity contribution in [1.82, 2.24) is 9.78 Å². The third kappa shape index (κ3) is 4.24. The van der Waals surface area contributed by atoms with E-state index in [-0.39, 0.29) is 35.8 Å². The Balaban J connectivity index is 1.46. The second kappa shape index (κ2) is 8.07. The van der Waals surface area contributed by atoms with Crippen LogP contribution in [-0.2, 0) is 19.4 Å². The summed E-state index contributed by atoms with van der Waals surface area (Å²) in [4.78, 5) is 28.1. The highest BCUT2D eigenvalue weighted by Gasteiger charge is 2.36. The summed E-state index contributed by atoms with van der Waals surface area (Å²) >= 11 is 1.63. The second-order valence-corrected chi connectivity index (χ2v) is 10.9. The molecule has 2 aliphatic rings. The van der Waals surface area contributed by atoms with Crippen molar-refractivity contribution in [3.05, 3.63) is 36.0 Å². The summed E-state index contributed by atoms with van der Waals surface area (Å²) in [7, 11) is -3.07. The molecule has 2 saturated heterocycles. The van der Waals surface area contributed by atoms with Gasteiger partial charge in [0.15, 0.2) is 9.84 Å². The van der Waals surface area contributed by atoms with E-state index in [0.717, 1.165) is 10.6 Å². The largest absolute Gasteiger partial charge is 0.312 e. The standard InChI is InChI=1S/C20H24N4O4S2/c1-13-9-18(24(22-13)16-7-8-30(27,28)12-16)21-20(26)14-10-19(25)23(11-14)15-3-5-17(29-2)6-4-15/h3-6,9,14,16H,7-8,10-12H2,1-2H3,(H,21,26). The first-order chi connectivity index (χ1) is 14.3. The number of anilines is 2. The minimum atomic E-state index is -3.07. The maximum atomic E-state index is 12.9. The van der Waals surface area contributed by atoms with E-state index in [2.05, 4.69) is 10.4 Å². The molecule has 2 aromatic rings. The van der Waals surface area contributed by atoms with Gasteiger partial charge < -0.3 is 10.2 Å². The summed E-state index contributed by atoms with van der Waals surface area (Å²) in [6, 6.07) is 9.15. The highest BCUT2D eigenvalue weighted by molar-refractivity contribution is 7.98. The quantitative estimate of drug-likeness (QED) is 0.704. The molecule has 2 fully saturated rings. The van der Waals surface area contributed by atoms with Crippen LogP contribution in [0.15, 0.2) is 35.2 Å². The van der Waals surface area contributed by atoms with Gasteiger partial charge in [-0.05, 0) is 43.9 Å². The highest BCUT2D eigenvalue weighted by atomic mass is 32.2. The Hall–Kier alpha value is -2.33. The molecular weight excluding hydrogens is 424 g/mol. The van der Waals surface area contributed by atoms with E-state index in [1.54, 1.807) is 34.3 Å². The van der Waals surface area contributed by atoms with E-state index in [0.29, 0.717) is 24.5 Å². The number of thioether (sulfide) groups is 1. The van der Waals surface area contributed by atoms with Gasteiger partial charge in [0.05, 0.1) is 29.2 Å². The molecule has 0 bridgehead atoms. The molecule has 3 heterocycles. The molecule has 2 aliphatic heterocycles. The number of aryl methyl sites for hydroxylation is 1. The summed E-state index contributed by atoms with van der Waals surface area (Å²) in [6.45, 7) is 2.11. The predicted octanol–water partition coefficient (Wildman–Crippen LogP) is 2.26. The lowest BCUT2D eigenvalue weighted by Gasteiger charge is -2.18. The number of hydrogen-bond acceptors (Lipinski definition) is 6. The number of aromatic nitrogens is 2. The zero-order valence-electron chi connectivity index (χ0n) is 16.9. The molecular formula is C20H24N4O4S2. The van der Waals surface area contributed by atoms with Gasteiger partial charge in [0.1, 0.15) is 5.82 Å². The van der Waals surface area contributed by atoms with E-state index in [9.17, 15) is 18.0 Å². The van der Waals surface area contributed by atoms with Crippen LogP contribution < -0.4 is 10.2 Å². The Bertz CT molecular complexity index is 1080. The van der Waals surface area contributed by atoms with E-state index in [1.807, 2.05) is 30.5 Å². The molecule has 2 amide bonds. The van der Waals surface area contributed by atoms with Gasteiger partial charge in [0, 0.05) is 29.6 Å². The Morgan fingerprint density at radius 1 is 1.27 bits per heavy atom. The lowest BCUT2D eigenvalue weighted by molar-refractivity contribution is -0.122. The van der Waals surface area contributed by atoms with Crippen LogP contribution in [0.3, 0.4) is 0 Å². The second-order valence-electron chi connectivity index (χ2n) is 7.77. The van der Waals surface area contributed by atoms with E-state index < -0.39 is 15.8 Å². The average Bonchev–Trinajstić information content (AvgIpc) is 3.38. The lowest BCUT2D eigenvalue weighted by Crippen LogP contribution is -2.29. The molecule has 2 unspecified atom stereocenters. The van der Waals surface area contributed by atoms with E-state index >= 15 is 0 Å². The minimum absolute atomic E-state index is 0.0265. The van der Waals surface area contributed by atoms with Crippen LogP contribution >= 0.6 is 11.8 Å². The third-order valence-corrected chi connectivity index (χ3v) is 8.04. The number of benzene rings is 1. The van der Waals surface area contributed by atoms with Crippen molar-refractivity contribution in [3.63, 3.8) is 0 Å². The number of hydrogen-bond donors (Lipinski definition) is 1. The zero-order chi connectivity index (χ0) is 21.5. The maximum Gasteiger partial charge on any atom is 0.230 e. The number of carbonyl (C=O) groups excluding carboxylic acids is 2. The Morgan fingerprint density at radius 3 is 2.63 bits per heavy atom. The maximum absolute atomic E-state index is 12.9. The topological polar surface area (TPSA) is 101 Å². The van der Waals surface area contributed by atoms with Gasteiger partial charge in [0.2, 0.25) is 11.8 Å². The third-order valence-electron chi connectivity index (χ3n) is 5.54. The fourth-order valence-electron chi connectivity index (χ4n) is 3.98. The minimum Gasteiger partial charge on any atom is -0.312 e. The van der Waals surface area contributed by atoms with Crippen LogP contribution in [0.5, 0.6) is 0 Å². The zero-order valence-corrected chi connectivity index (χ0v) is 18.5. The fourth-order valence-corrected chi connectivity index (χ4v) is 6.08. The van der Waals surface area contributed by atoms with Crippen molar-refractivity contribution >= 4 is 44.9 Å². The van der Waals surface area contributed by atoms with Crippen LogP contribution in [0.4, 0.5) is 11.5 Å². The Labute approximate surface area is 179 Å². The number of sulfone groups is 1. The van der Waals surface area contributed by atoms with Crippen molar-refractivity contribution in [2.24, 2.45) is 5.92 Å². The van der Waals surface area contributed by atoms with Crippen LogP contribution in [-0.4, -0.2) is 54.3 Å². The molecule has 160 valence electrons. The molecule has 2 atom stereocenters. The first-order valence-corrected chi connectivity index (χ1v) is 12.8. The number of carbonyl (C=O) groups is 2. The molecule has 1 aromatic carbocycles. The number of amides is 2. The molecule has 8 nitrogen and oxygen atoms in total. The van der Waals surface area contributed by atoms with Crippen molar-refractivity contribution in [2.75, 3.05) is 34.5 Å². The summed E-state index contributed by atoms with van der Waals surface area (Å²) in [5, 5.41) is 7.26. The lowest BCUT2D eigenvalue weighted by atomic mass is 10.1. The van der Waals surface area contributed by atoms with Crippen molar-refractivity contribution in [2.45, 2.75) is 30.7 Å². The van der Waals surface area contributed by atoms with Gasteiger partial charge in [-0.1, -0.05) is 0 Å². The highest BCUT2D eigenvalue weighted by Crippen LogP contribution is 2.30. The van der Waals surface area contributed by atoms with Crippen LogP contribution in [0.2, 0.25) is 0 Å². The fraction of sp³-hybridized carbons (Fsp3) is 0.450. The SMILES string of the molecule is CSc1ccc(N2CC(C(=O)Nc3cc(C)nn3C3CCS(=O)(=O)C3)CC2=O)cc1. The number of rotatable bonds is 5. The van der Waals surface area contributed by atoms with Gasteiger partial charge in [-0.15, -0.1) is 11.8 Å². The molecule has 0 saturated carbocycles. The van der Waals surface area contributed by atoms with Gasteiger partial charge in [-0.3, -0.25) is 9.59 Å². The monoisotopic (exact) mass is 448 g/mol. The summed E-state index contributed by atoms with van der Waals surface area (Å²) < 4.78 is 25.3. The van der Waals surface area contributed by atoms with Crippen molar-refractivity contribution in [1.29, 1.82) is 0 Å². The van der Waals surface area contributed by atoms with Crippen LogP contribution in [0.25, 0.3) is 0 Å². The molecule has 0 aliphatic carbocycles. The Kier molecular flexibility index (Phi) is 5.63. The van der Waals surface area contributed by atoms with E-state index in [4.69, 9.17) is 0 Å². The van der Waals surface area contributed by atoms with E-state index in [1.165, 1.54) is 0 Å². The average molecular weight is 449 g/mol. The summed E-state index contributed by atoms with van der Waals surface area (Å²) in [5.41, 5.74) is 1.48. The number of nitrogens with zero attached hydrogens (tertiary/aromatic N) is 3. The Morgan fingerprint density at radius 2 is 2.00 bits per heavy atom. The summed E-state index contributed by atoms with van der Waals surface area (Å²) in [5.74, 6) is -0.180. The van der Waals surface area contributed by atoms with Crippen molar-refractivity contribution in [3.8, 4) is 0 Å². The summed E-state index contributed by atoms with van der Waals surface area (Å²) in [6.07, 6.45) is 2.61. The van der Waals surface area contributed by atoms with Gasteiger partial charge in [-0.2, -0.15) is 5.10 Å². The molecule has 30 heavy (non-hydrogen) atoms. The normalized spacial score (nSPS) is 23.1. The van der Waals surface area contributed by atoms with Gasteiger partial charge >= 0.3 is 0 Å². The van der Waals surface area contributed by atoms with Crippen molar-refractivity contribution < 1.29 is 18.0 Å². The number of nitrogens with one attached hydrogen (secondary N) is 1. The molecule has 4 rings (SSSR count). The molecule has 1 aromatic heterocycles. The first-order valence-electron chi connectivity index (χ1n) is 9.77. The molecule has 0 radical (unpaired) electrons. The van der Waals surface area contributed by atoms with Gasteiger partial charge in [-0.25, -0.2) is 13.1 Å². The predicted molar refractivity (Wildman–Crippen MR) is 117 cm³/mol. The molecule has 10 heteroatoms. The van der Waals surface area contributed by atoms with Crippen LogP contribution in [0.1, 0.15) is 24.6 Å². The smallest absolute Gasteiger partial charge is 0.230 e. The van der Waals surface area contributed by atoms with Crippen LogP contribution in [0, 0.1) is 12.8 Å².